The van der Waals surface area contributed by atoms with E-state index in [1.165, 1.54) is 0 Å². The number of rotatable bonds is 9. The number of likely N-dealkylation sites (N-methyl/N-ethyl adjacent to an activating group) is 1. The van der Waals surface area contributed by atoms with Gasteiger partial charge in [-0.15, -0.1) is 5.10 Å². The highest BCUT2D eigenvalue weighted by molar-refractivity contribution is 5.05. The van der Waals surface area contributed by atoms with Gasteiger partial charge < -0.3 is 0 Å². The van der Waals surface area contributed by atoms with Crippen LogP contribution >= 0.6 is 0 Å². The predicted octanol–water partition coefficient (Wildman–Crippen LogP) is 1.09. The van der Waals surface area contributed by atoms with Crippen LogP contribution in [0.15, 0.2) is 6.20 Å². The van der Waals surface area contributed by atoms with Gasteiger partial charge in [0.05, 0.1) is 5.69 Å². The second-order valence-corrected chi connectivity index (χ2v) is 5.29. The lowest BCUT2D eigenvalue weighted by atomic mass is 9.80. The largest absolute Gasteiger partial charge is 0.297 e. The van der Waals surface area contributed by atoms with Gasteiger partial charge in [-0.2, -0.15) is 0 Å². The molecule has 1 atom stereocenters. The van der Waals surface area contributed by atoms with Gasteiger partial charge in [-0.3, -0.25) is 20.9 Å². The van der Waals surface area contributed by atoms with E-state index < -0.39 is 0 Å². The molecule has 1 aromatic rings. The van der Waals surface area contributed by atoms with E-state index in [1.807, 2.05) is 13.2 Å². The van der Waals surface area contributed by atoms with E-state index in [-0.39, 0.29) is 11.6 Å². The van der Waals surface area contributed by atoms with E-state index in [9.17, 15) is 0 Å². The molecule has 20 heavy (non-hydrogen) atoms. The predicted molar refractivity (Wildman–Crippen MR) is 82.1 cm³/mol. The monoisotopic (exact) mass is 282 g/mol. The van der Waals surface area contributed by atoms with Crippen molar-refractivity contribution in [1.29, 1.82) is 0 Å². The van der Waals surface area contributed by atoms with Gasteiger partial charge in [0, 0.05) is 31.2 Å². The normalized spacial score (nSPS) is 13.9. The van der Waals surface area contributed by atoms with E-state index in [4.69, 9.17) is 5.84 Å². The van der Waals surface area contributed by atoms with E-state index in [2.05, 4.69) is 48.3 Å². The lowest BCUT2D eigenvalue weighted by Crippen LogP contribution is -2.63. The average molecular weight is 282 g/mol. The number of hydrogen-bond acceptors (Lipinski definition) is 5. The highest BCUT2D eigenvalue weighted by Crippen LogP contribution is 2.29. The highest BCUT2D eigenvalue weighted by atomic mass is 15.4. The number of aryl methyl sites for hydroxylation is 1. The SMILES string of the molecule is CCN(CC)C(CC)(CC)C(Cc1cn(C)nn1)NN. The van der Waals surface area contributed by atoms with Crippen LogP contribution in [-0.4, -0.2) is 44.6 Å². The van der Waals surface area contributed by atoms with Crippen LogP contribution in [0.5, 0.6) is 0 Å². The summed E-state index contributed by atoms with van der Waals surface area (Å²) in [5.74, 6) is 5.88. The first-order valence-corrected chi connectivity index (χ1v) is 7.64. The summed E-state index contributed by atoms with van der Waals surface area (Å²) in [5.41, 5.74) is 4.06. The fourth-order valence-corrected chi connectivity index (χ4v) is 3.37. The van der Waals surface area contributed by atoms with Gasteiger partial charge in [-0.1, -0.05) is 32.9 Å². The average Bonchev–Trinajstić information content (AvgIpc) is 2.88. The van der Waals surface area contributed by atoms with Crippen molar-refractivity contribution in [2.45, 2.75) is 58.5 Å². The Hall–Kier alpha value is -0.980. The van der Waals surface area contributed by atoms with Crippen LogP contribution in [0, 0.1) is 0 Å². The molecule has 0 aliphatic heterocycles. The van der Waals surface area contributed by atoms with Crippen molar-refractivity contribution in [3.8, 4) is 0 Å². The molecule has 1 aromatic heterocycles. The summed E-state index contributed by atoms with van der Waals surface area (Å²) in [7, 11) is 1.89. The zero-order valence-electron chi connectivity index (χ0n) is 13.6. The summed E-state index contributed by atoms with van der Waals surface area (Å²) in [6, 6.07) is 0.161. The van der Waals surface area contributed by atoms with Gasteiger partial charge in [0.1, 0.15) is 0 Å². The zero-order valence-corrected chi connectivity index (χ0v) is 13.6. The third-order valence-corrected chi connectivity index (χ3v) is 4.53. The number of aromatic nitrogens is 3. The zero-order chi connectivity index (χ0) is 15.2. The molecule has 1 rings (SSSR count). The quantitative estimate of drug-likeness (QED) is 0.524. The first-order valence-electron chi connectivity index (χ1n) is 7.64. The van der Waals surface area contributed by atoms with Crippen molar-refractivity contribution < 1.29 is 0 Å². The molecule has 0 saturated heterocycles. The van der Waals surface area contributed by atoms with Crippen molar-refractivity contribution >= 4 is 0 Å². The van der Waals surface area contributed by atoms with E-state index in [0.717, 1.165) is 38.0 Å². The maximum absolute atomic E-state index is 5.88. The molecule has 6 heteroatoms. The Labute approximate surface area is 122 Å². The Kier molecular flexibility index (Phi) is 6.58. The van der Waals surface area contributed by atoms with Gasteiger partial charge >= 0.3 is 0 Å². The lowest BCUT2D eigenvalue weighted by Gasteiger charge is -2.47. The molecule has 6 nitrogen and oxygen atoms in total. The third kappa shape index (κ3) is 3.37. The molecule has 0 radical (unpaired) electrons. The van der Waals surface area contributed by atoms with Crippen LogP contribution in [0.3, 0.4) is 0 Å². The number of nitrogens with two attached hydrogens (primary N) is 1. The highest BCUT2D eigenvalue weighted by Gasteiger charge is 2.39. The first kappa shape index (κ1) is 17.1. The van der Waals surface area contributed by atoms with Gasteiger partial charge in [0.2, 0.25) is 0 Å². The van der Waals surface area contributed by atoms with Crippen molar-refractivity contribution in [3.05, 3.63) is 11.9 Å². The van der Waals surface area contributed by atoms with E-state index in [0.29, 0.717) is 0 Å². The molecule has 3 N–H and O–H groups in total. The minimum Gasteiger partial charge on any atom is -0.297 e. The van der Waals surface area contributed by atoms with Crippen LogP contribution in [0.4, 0.5) is 0 Å². The summed E-state index contributed by atoms with van der Waals surface area (Å²) in [6.45, 7) is 10.9. The van der Waals surface area contributed by atoms with E-state index in [1.54, 1.807) is 4.68 Å². The summed E-state index contributed by atoms with van der Waals surface area (Å²) >= 11 is 0. The maximum atomic E-state index is 5.88. The Morgan fingerprint density at radius 2 is 1.90 bits per heavy atom. The first-order chi connectivity index (χ1) is 9.57. The Morgan fingerprint density at radius 1 is 1.30 bits per heavy atom. The molecule has 0 bridgehead atoms. The minimum atomic E-state index is 0.0514. The molecule has 0 aliphatic carbocycles. The molecule has 1 heterocycles. The van der Waals surface area contributed by atoms with Crippen LogP contribution < -0.4 is 11.3 Å². The van der Waals surface area contributed by atoms with Crippen LogP contribution in [-0.2, 0) is 13.5 Å². The fourth-order valence-electron chi connectivity index (χ4n) is 3.37. The third-order valence-electron chi connectivity index (χ3n) is 4.53. The fraction of sp³-hybridized carbons (Fsp3) is 0.857. The number of nitrogens with one attached hydrogen (secondary N) is 1. The summed E-state index contributed by atoms with van der Waals surface area (Å²) < 4.78 is 1.74. The molecular formula is C14H30N6. The summed E-state index contributed by atoms with van der Waals surface area (Å²) in [6.07, 6.45) is 4.87. The molecular weight excluding hydrogens is 252 g/mol. The van der Waals surface area contributed by atoms with Crippen molar-refractivity contribution in [2.24, 2.45) is 12.9 Å². The molecule has 0 spiro atoms. The molecule has 0 fully saturated rings. The summed E-state index contributed by atoms with van der Waals surface area (Å²) in [5, 5.41) is 8.20. The standard InChI is InChI=1S/C14H30N6/c1-6-14(7-2,20(8-3)9-4)13(16-15)10-12-11-19(5)18-17-12/h11,13,16H,6-10,15H2,1-5H3. The van der Waals surface area contributed by atoms with Crippen LogP contribution in [0.1, 0.15) is 46.2 Å². The maximum Gasteiger partial charge on any atom is 0.0843 e. The van der Waals surface area contributed by atoms with Crippen LogP contribution in [0.2, 0.25) is 0 Å². The van der Waals surface area contributed by atoms with Crippen molar-refractivity contribution in [1.82, 2.24) is 25.3 Å². The van der Waals surface area contributed by atoms with Crippen molar-refractivity contribution in [2.75, 3.05) is 13.1 Å². The molecule has 0 aromatic carbocycles. The van der Waals surface area contributed by atoms with Gasteiger partial charge in [-0.05, 0) is 25.9 Å². The van der Waals surface area contributed by atoms with Gasteiger partial charge in [0.25, 0.3) is 0 Å². The van der Waals surface area contributed by atoms with Gasteiger partial charge in [0.15, 0.2) is 0 Å². The smallest absolute Gasteiger partial charge is 0.0843 e. The van der Waals surface area contributed by atoms with Crippen LogP contribution in [0.25, 0.3) is 0 Å². The Bertz CT molecular complexity index is 381. The Morgan fingerprint density at radius 3 is 2.25 bits per heavy atom. The molecule has 0 aliphatic rings. The summed E-state index contributed by atoms with van der Waals surface area (Å²) in [4.78, 5) is 2.51. The van der Waals surface area contributed by atoms with Gasteiger partial charge in [-0.25, -0.2) is 0 Å². The topological polar surface area (TPSA) is 72.0 Å². The lowest BCUT2D eigenvalue weighted by molar-refractivity contribution is 0.0489. The molecule has 0 saturated carbocycles. The second kappa shape index (κ2) is 7.71. The van der Waals surface area contributed by atoms with Crippen molar-refractivity contribution in [3.63, 3.8) is 0 Å². The molecule has 116 valence electrons. The molecule has 0 amide bonds. The number of hydrogen-bond donors (Lipinski definition) is 2. The van der Waals surface area contributed by atoms with E-state index >= 15 is 0 Å². The number of nitrogens with zero attached hydrogens (tertiary/aromatic N) is 4. The number of hydrazine groups is 1. The molecule has 1 unspecified atom stereocenters. The minimum absolute atomic E-state index is 0.0514. The second-order valence-electron chi connectivity index (χ2n) is 5.29. The Balaban J connectivity index is 3.01.